The standard InChI is InChI=1S/C21H18N2O3/c1-26-21(25)17-12-10-16(11-13-17)20(24)23-19(15-7-3-2-4-8-15)18-9-5-6-14-22-18/h2-14,19H,1H3,(H,23,24). The molecule has 0 aliphatic carbocycles. The van der Waals surface area contributed by atoms with E-state index in [1.807, 2.05) is 48.5 Å². The van der Waals surface area contributed by atoms with Crippen molar-refractivity contribution in [2.75, 3.05) is 7.11 Å². The van der Waals surface area contributed by atoms with Gasteiger partial charge in [0.15, 0.2) is 0 Å². The van der Waals surface area contributed by atoms with E-state index in [0.717, 1.165) is 11.3 Å². The Labute approximate surface area is 151 Å². The predicted molar refractivity (Wildman–Crippen MR) is 97.8 cm³/mol. The lowest BCUT2D eigenvalue weighted by Gasteiger charge is -2.19. The van der Waals surface area contributed by atoms with Crippen molar-refractivity contribution in [1.82, 2.24) is 10.3 Å². The lowest BCUT2D eigenvalue weighted by Crippen LogP contribution is -2.29. The third kappa shape index (κ3) is 3.95. The van der Waals surface area contributed by atoms with Crippen LogP contribution in [0.4, 0.5) is 0 Å². The number of esters is 1. The highest BCUT2D eigenvalue weighted by atomic mass is 16.5. The minimum Gasteiger partial charge on any atom is -0.465 e. The number of pyridine rings is 1. The summed E-state index contributed by atoms with van der Waals surface area (Å²) in [6.07, 6.45) is 1.70. The first kappa shape index (κ1) is 17.4. The van der Waals surface area contributed by atoms with Gasteiger partial charge in [-0.1, -0.05) is 36.4 Å². The van der Waals surface area contributed by atoms with Crippen LogP contribution in [0.1, 0.15) is 38.0 Å². The van der Waals surface area contributed by atoms with Gasteiger partial charge in [-0.2, -0.15) is 0 Å². The molecule has 0 radical (unpaired) electrons. The monoisotopic (exact) mass is 346 g/mol. The molecule has 0 aliphatic rings. The fourth-order valence-corrected chi connectivity index (χ4v) is 2.61. The van der Waals surface area contributed by atoms with E-state index in [2.05, 4.69) is 15.0 Å². The Balaban J connectivity index is 1.85. The van der Waals surface area contributed by atoms with Crippen LogP contribution in [0.2, 0.25) is 0 Å². The van der Waals surface area contributed by atoms with E-state index >= 15 is 0 Å². The number of hydrogen-bond acceptors (Lipinski definition) is 4. The van der Waals surface area contributed by atoms with E-state index < -0.39 is 5.97 Å². The Bertz CT molecular complexity index is 839. The molecule has 1 atom stereocenters. The number of ether oxygens (including phenoxy) is 1. The van der Waals surface area contributed by atoms with Crippen molar-refractivity contribution < 1.29 is 14.3 Å². The van der Waals surface area contributed by atoms with Crippen LogP contribution in [0.25, 0.3) is 0 Å². The molecule has 0 spiro atoms. The molecule has 130 valence electrons. The Morgan fingerprint density at radius 3 is 2.15 bits per heavy atom. The molecule has 1 aromatic heterocycles. The minimum absolute atomic E-state index is 0.249. The van der Waals surface area contributed by atoms with E-state index in [0.29, 0.717) is 11.1 Å². The van der Waals surface area contributed by atoms with E-state index in [1.165, 1.54) is 7.11 Å². The second kappa shape index (κ2) is 8.07. The van der Waals surface area contributed by atoms with Crippen molar-refractivity contribution in [1.29, 1.82) is 0 Å². The van der Waals surface area contributed by atoms with Gasteiger partial charge in [-0.05, 0) is 42.0 Å². The van der Waals surface area contributed by atoms with Gasteiger partial charge >= 0.3 is 5.97 Å². The summed E-state index contributed by atoms with van der Waals surface area (Å²) >= 11 is 0. The Hall–Kier alpha value is -3.47. The number of hydrogen-bond donors (Lipinski definition) is 1. The van der Waals surface area contributed by atoms with E-state index in [1.54, 1.807) is 30.5 Å². The number of rotatable bonds is 5. The number of carbonyl (C=O) groups is 2. The summed E-state index contributed by atoms with van der Waals surface area (Å²) in [4.78, 5) is 28.6. The third-order valence-corrected chi connectivity index (χ3v) is 3.96. The van der Waals surface area contributed by atoms with Crippen molar-refractivity contribution >= 4 is 11.9 Å². The SMILES string of the molecule is COC(=O)c1ccc(C(=O)NC(c2ccccc2)c2ccccn2)cc1. The highest BCUT2D eigenvalue weighted by molar-refractivity contribution is 5.96. The predicted octanol–water partition coefficient (Wildman–Crippen LogP) is 3.39. The molecule has 0 bridgehead atoms. The second-order valence-electron chi connectivity index (χ2n) is 5.64. The molecule has 0 aliphatic heterocycles. The molecule has 1 heterocycles. The summed E-state index contributed by atoms with van der Waals surface area (Å²) in [6.45, 7) is 0. The number of methoxy groups -OCH3 is 1. The zero-order valence-corrected chi connectivity index (χ0v) is 14.3. The first-order chi connectivity index (χ1) is 12.7. The lowest BCUT2D eigenvalue weighted by atomic mass is 10.0. The normalized spacial score (nSPS) is 11.4. The molecule has 3 rings (SSSR count). The Morgan fingerprint density at radius 1 is 0.885 bits per heavy atom. The maximum absolute atomic E-state index is 12.7. The molecular formula is C21H18N2O3. The largest absolute Gasteiger partial charge is 0.465 e. The molecule has 0 fully saturated rings. The molecule has 1 unspecified atom stereocenters. The van der Waals surface area contributed by atoms with E-state index in [9.17, 15) is 9.59 Å². The van der Waals surface area contributed by atoms with Crippen LogP contribution in [-0.4, -0.2) is 24.0 Å². The van der Waals surface area contributed by atoms with Gasteiger partial charge in [-0.15, -0.1) is 0 Å². The van der Waals surface area contributed by atoms with Crippen LogP contribution >= 0.6 is 0 Å². The van der Waals surface area contributed by atoms with Crippen LogP contribution in [-0.2, 0) is 4.74 Å². The van der Waals surface area contributed by atoms with Gasteiger partial charge in [0.25, 0.3) is 5.91 Å². The first-order valence-corrected chi connectivity index (χ1v) is 8.14. The number of benzene rings is 2. The number of nitrogens with one attached hydrogen (secondary N) is 1. The van der Waals surface area contributed by atoms with Crippen LogP contribution in [0.15, 0.2) is 79.0 Å². The summed E-state index contributed by atoms with van der Waals surface area (Å²) in [7, 11) is 1.32. The molecule has 5 heteroatoms. The van der Waals surface area contributed by atoms with Gasteiger partial charge < -0.3 is 10.1 Å². The smallest absolute Gasteiger partial charge is 0.337 e. The summed E-state index contributed by atoms with van der Waals surface area (Å²) < 4.78 is 4.67. The van der Waals surface area contributed by atoms with Crippen LogP contribution in [0.5, 0.6) is 0 Å². The molecule has 0 saturated heterocycles. The van der Waals surface area contributed by atoms with E-state index in [-0.39, 0.29) is 11.9 Å². The van der Waals surface area contributed by atoms with Crippen molar-refractivity contribution in [3.05, 3.63) is 101 Å². The molecule has 0 saturated carbocycles. The topological polar surface area (TPSA) is 68.3 Å². The minimum atomic E-state index is -0.437. The molecule has 1 amide bonds. The van der Waals surface area contributed by atoms with Crippen molar-refractivity contribution in [2.45, 2.75) is 6.04 Å². The lowest BCUT2D eigenvalue weighted by molar-refractivity contribution is 0.0600. The Morgan fingerprint density at radius 2 is 1.54 bits per heavy atom. The summed E-state index contributed by atoms with van der Waals surface area (Å²) in [5, 5.41) is 3.01. The summed E-state index contributed by atoms with van der Waals surface area (Å²) in [5.74, 6) is -0.687. The molecular weight excluding hydrogens is 328 g/mol. The number of carbonyl (C=O) groups excluding carboxylic acids is 2. The maximum atomic E-state index is 12.7. The number of nitrogens with zero attached hydrogens (tertiary/aromatic N) is 1. The molecule has 5 nitrogen and oxygen atoms in total. The number of amides is 1. The molecule has 2 aromatic carbocycles. The van der Waals surface area contributed by atoms with Crippen molar-refractivity contribution in [3.8, 4) is 0 Å². The fraction of sp³-hybridized carbons (Fsp3) is 0.0952. The summed E-state index contributed by atoms with van der Waals surface area (Å²) in [6, 6.07) is 21.2. The average molecular weight is 346 g/mol. The van der Waals surface area contributed by atoms with Gasteiger partial charge in [-0.25, -0.2) is 4.79 Å². The van der Waals surface area contributed by atoms with Crippen molar-refractivity contribution in [2.24, 2.45) is 0 Å². The third-order valence-electron chi connectivity index (χ3n) is 3.96. The molecule has 3 aromatic rings. The quantitative estimate of drug-likeness (QED) is 0.719. The average Bonchev–Trinajstić information content (AvgIpc) is 2.72. The zero-order valence-electron chi connectivity index (χ0n) is 14.3. The maximum Gasteiger partial charge on any atom is 0.337 e. The highest BCUT2D eigenvalue weighted by Crippen LogP contribution is 2.20. The summed E-state index contributed by atoms with van der Waals surface area (Å²) in [5.41, 5.74) is 2.53. The van der Waals surface area contributed by atoms with Crippen molar-refractivity contribution in [3.63, 3.8) is 0 Å². The van der Waals surface area contributed by atoms with Gasteiger partial charge in [0.1, 0.15) is 0 Å². The second-order valence-corrected chi connectivity index (χ2v) is 5.64. The van der Waals surface area contributed by atoms with Gasteiger partial charge in [0.05, 0.1) is 24.4 Å². The zero-order chi connectivity index (χ0) is 18.4. The van der Waals surface area contributed by atoms with Gasteiger partial charge in [0, 0.05) is 11.8 Å². The molecule has 1 N–H and O–H groups in total. The molecule has 26 heavy (non-hydrogen) atoms. The Kier molecular flexibility index (Phi) is 5.39. The van der Waals surface area contributed by atoms with Crippen LogP contribution < -0.4 is 5.32 Å². The van der Waals surface area contributed by atoms with Crippen LogP contribution in [0, 0.1) is 0 Å². The van der Waals surface area contributed by atoms with E-state index in [4.69, 9.17) is 0 Å². The number of aromatic nitrogens is 1. The first-order valence-electron chi connectivity index (χ1n) is 8.14. The van der Waals surface area contributed by atoms with Gasteiger partial charge in [-0.3, -0.25) is 9.78 Å². The van der Waals surface area contributed by atoms with Gasteiger partial charge in [0.2, 0.25) is 0 Å². The highest BCUT2D eigenvalue weighted by Gasteiger charge is 2.19. The fourth-order valence-electron chi connectivity index (χ4n) is 2.61. The van der Waals surface area contributed by atoms with Crippen LogP contribution in [0.3, 0.4) is 0 Å².